The van der Waals surface area contributed by atoms with Crippen molar-refractivity contribution in [3.8, 4) is 0 Å². The smallest absolute Gasteiger partial charge is 0.335 e. The van der Waals surface area contributed by atoms with E-state index in [-0.39, 0.29) is 6.42 Å². The molecule has 1 atom stereocenters. The van der Waals surface area contributed by atoms with Crippen molar-refractivity contribution >= 4 is 5.97 Å². The molecule has 0 aliphatic heterocycles. The Bertz CT molecular complexity index is 148. The lowest BCUT2D eigenvalue weighted by Crippen LogP contribution is -2.26. The van der Waals surface area contributed by atoms with E-state index in [2.05, 4.69) is 0 Å². The van der Waals surface area contributed by atoms with Crippen molar-refractivity contribution in [3.63, 3.8) is 0 Å². The maximum absolute atomic E-state index is 11.0. The predicted octanol–water partition coefficient (Wildman–Crippen LogP) is 0.285. The average Bonchev–Trinajstić information content (AvgIpc) is 2.04. The summed E-state index contributed by atoms with van der Waals surface area (Å²) in [5.74, 6) is -0.0643. The molecule has 13 heavy (non-hydrogen) atoms. The van der Waals surface area contributed by atoms with Crippen LogP contribution in [-0.2, 0) is 9.53 Å². The molecule has 0 bridgehead atoms. The fourth-order valence-electron chi connectivity index (χ4n) is 0.767. The van der Waals surface area contributed by atoms with Crippen LogP contribution in [0.25, 0.3) is 0 Å². The van der Waals surface area contributed by atoms with Crippen molar-refractivity contribution < 1.29 is 14.6 Å². The minimum atomic E-state index is -1.06. The summed E-state index contributed by atoms with van der Waals surface area (Å²) in [7, 11) is 0. The van der Waals surface area contributed by atoms with E-state index >= 15 is 0 Å². The highest BCUT2D eigenvalue weighted by Crippen LogP contribution is 2.01. The van der Waals surface area contributed by atoms with Crippen LogP contribution < -0.4 is 5.73 Å². The van der Waals surface area contributed by atoms with Gasteiger partial charge in [0.2, 0.25) is 0 Å². The molecule has 0 saturated heterocycles. The monoisotopic (exact) mass is 189 g/mol. The molecule has 0 amide bonds. The van der Waals surface area contributed by atoms with Gasteiger partial charge in [0.1, 0.15) is 0 Å². The fraction of sp³-hybridized carbons (Fsp3) is 0.889. The van der Waals surface area contributed by atoms with E-state index in [1.165, 1.54) is 0 Å². The first-order valence-electron chi connectivity index (χ1n) is 4.62. The first kappa shape index (κ1) is 12.4. The Hall–Kier alpha value is -0.610. The summed E-state index contributed by atoms with van der Waals surface area (Å²) in [6.07, 6.45) is 0.0267. The zero-order chi connectivity index (χ0) is 10.3. The number of carbonyl (C=O) groups excluding carboxylic acids is 1. The van der Waals surface area contributed by atoms with Crippen LogP contribution in [0, 0.1) is 5.92 Å². The maximum Gasteiger partial charge on any atom is 0.335 e. The van der Waals surface area contributed by atoms with Gasteiger partial charge in [-0.2, -0.15) is 0 Å². The average molecular weight is 189 g/mol. The van der Waals surface area contributed by atoms with E-state index in [0.717, 1.165) is 6.42 Å². The summed E-state index contributed by atoms with van der Waals surface area (Å²) in [5.41, 5.74) is 5.18. The Morgan fingerprint density at radius 1 is 1.46 bits per heavy atom. The zero-order valence-corrected chi connectivity index (χ0v) is 8.32. The van der Waals surface area contributed by atoms with Gasteiger partial charge in [-0.05, 0) is 25.3 Å². The van der Waals surface area contributed by atoms with Crippen LogP contribution in [-0.4, -0.2) is 30.3 Å². The molecule has 3 N–H and O–H groups in total. The van der Waals surface area contributed by atoms with Crippen LogP contribution >= 0.6 is 0 Å². The Morgan fingerprint density at radius 3 is 2.54 bits per heavy atom. The Kier molecular flexibility index (Phi) is 6.54. The third kappa shape index (κ3) is 6.54. The minimum Gasteiger partial charge on any atom is -0.464 e. The fourth-order valence-corrected chi connectivity index (χ4v) is 0.767. The third-order valence-corrected chi connectivity index (χ3v) is 1.65. The number of nitrogens with two attached hydrogens (primary N) is 1. The van der Waals surface area contributed by atoms with Crippen LogP contribution in [0.3, 0.4) is 0 Å². The molecule has 0 spiro atoms. The molecule has 0 fully saturated rings. The van der Waals surface area contributed by atoms with E-state index in [9.17, 15) is 4.79 Å². The molecular formula is C9H19NO3. The largest absolute Gasteiger partial charge is 0.464 e. The molecule has 4 heteroatoms. The van der Waals surface area contributed by atoms with Crippen molar-refractivity contribution in [1.82, 2.24) is 0 Å². The van der Waals surface area contributed by atoms with E-state index in [1.54, 1.807) is 0 Å². The molecule has 0 aromatic carbocycles. The lowest BCUT2D eigenvalue weighted by Gasteiger charge is -2.10. The molecule has 78 valence electrons. The van der Waals surface area contributed by atoms with Crippen LogP contribution in [0.4, 0.5) is 0 Å². The summed E-state index contributed by atoms with van der Waals surface area (Å²) in [6.45, 7) is 4.76. The van der Waals surface area contributed by atoms with Gasteiger partial charge in [0, 0.05) is 0 Å². The first-order valence-corrected chi connectivity index (χ1v) is 4.62. The molecule has 0 aromatic rings. The molecule has 0 radical (unpaired) electrons. The number of hydrogen-bond acceptors (Lipinski definition) is 4. The second-order valence-corrected chi connectivity index (χ2v) is 3.44. The van der Waals surface area contributed by atoms with E-state index < -0.39 is 12.1 Å². The Morgan fingerprint density at radius 2 is 2.08 bits per heavy atom. The van der Waals surface area contributed by atoms with Crippen LogP contribution in [0.2, 0.25) is 0 Å². The number of hydrogen-bond donors (Lipinski definition) is 2. The topological polar surface area (TPSA) is 72.5 Å². The highest BCUT2D eigenvalue weighted by atomic mass is 16.5. The minimum absolute atomic E-state index is 0.264. The Labute approximate surface area is 79.1 Å². The standard InChI is InChI=1S/C9H19NO3/c1-7(2)4-6-13-9(12)8(11)3-5-10/h7-8,11H,3-6,10H2,1-2H3. The normalized spacial score (nSPS) is 13.0. The molecule has 0 saturated carbocycles. The molecule has 0 heterocycles. The number of esters is 1. The molecule has 0 aliphatic carbocycles. The predicted molar refractivity (Wildman–Crippen MR) is 50.1 cm³/mol. The maximum atomic E-state index is 11.0. The van der Waals surface area contributed by atoms with E-state index in [0.29, 0.717) is 19.1 Å². The summed E-state index contributed by atoms with van der Waals surface area (Å²) in [4.78, 5) is 11.0. The van der Waals surface area contributed by atoms with Crippen molar-refractivity contribution in [2.24, 2.45) is 11.7 Å². The number of carbonyl (C=O) groups is 1. The SMILES string of the molecule is CC(C)CCOC(=O)C(O)CCN. The number of aliphatic hydroxyl groups is 1. The molecule has 1 unspecified atom stereocenters. The highest BCUT2D eigenvalue weighted by molar-refractivity contribution is 5.74. The number of ether oxygens (including phenoxy) is 1. The molecule has 4 nitrogen and oxygen atoms in total. The second-order valence-electron chi connectivity index (χ2n) is 3.44. The van der Waals surface area contributed by atoms with Crippen LogP contribution in [0.15, 0.2) is 0 Å². The van der Waals surface area contributed by atoms with E-state index in [4.69, 9.17) is 15.6 Å². The van der Waals surface area contributed by atoms with E-state index in [1.807, 2.05) is 13.8 Å². The van der Waals surface area contributed by atoms with Gasteiger partial charge >= 0.3 is 5.97 Å². The van der Waals surface area contributed by atoms with Gasteiger partial charge in [0.05, 0.1) is 6.61 Å². The zero-order valence-electron chi connectivity index (χ0n) is 8.32. The lowest BCUT2D eigenvalue weighted by molar-refractivity contribution is -0.154. The summed E-state index contributed by atoms with van der Waals surface area (Å²) >= 11 is 0. The summed E-state index contributed by atoms with van der Waals surface area (Å²) in [6, 6.07) is 0. The first-order chi connectivity index (χ1) is 6.07. The third-order valence-electron chi connectivity index (χ3n) is 1.65. The van der Waals surface area contributed by atoms with Gasteiger partial charge in [-0.1, -0.05) is 13.8 Å². The molecule has 0 aliphatic rings. The van der Waals surface area contributed by atoms with Gasteiger partial charge < -0.3 is 15.6 Å². The quantitative estimate of drug-likeness (QED) is 0.589. The second kappa shape index (κ2) is 6.86. The molecule has 0 aromatic heterocycles. The van der Waals surface area contributed by atoms with Gasteiger partial charge in [0.25, 0.3) is 0 Å². The number of rotatable bonds is 6. The van der Waals surface area contributed by atoms with Gasteiger partial charge in [-0.3, -0.25) is 0 Å². The van der Waals surface area contributed by atoms with Crippen molar-refractivity contribution in [3.05, 3.63) is 0 Å². The summed E-state index contributed by atoms with van der Waals surface area (Å²) < 4.78 is 4.82. The Balaban J connectivity index is 3.50. The van der Waals surface area contributed by atoms with Gasteiger partial charge in [0.15, 0.2) is 6.10 Å². The van der Waals surface area contributed by atoms with Crippen molar-refractivity contribution in [2.45, 2.75) is 32.8 Å². The number of aliphatic hydroxyl groups excluding tert-OH is 1. The molecular weight excluding hydrogens is 170 g/mol. The van der Waals surface area contributed by atoms with Crippen molar-refractivity contribution in [1.29, 1.82) is 0 Å². The van der Waals surface area contributed by atoms with Gasteiger partial charge in [-0.25, -0.2) is 4.79 Å². The highest BCUT2D eigenvalue weighted by Gasteiger charge is 2.14. The molecule has 0 rings (SSSR count). The van der Waals surface area contributed by atoms with Gasteiger partial charge in [-0.15, -0.1) is 0 Å². The van der Waals surface area contributed by atoms with Crippen LogP contribution in [0.5, 0.6) is 0 Å². The summed E-state index contributed by atoms with van der Waals surface area (Å²) in [5, 5.41) is 9.13. The lowest BCUT2D eigenvalue weighted by atomic mass is 10.1. The van der Waals surface area contributed by atoms with Crippen molar-refractivity contribution in [2.75, 3.05) is 13.2 Å². The van der Waals surface area contributed by atoms with Crippen LogP contribution in [0.1, 0.15) is 26.7 Å².